The number of halogens is 2. The number of nitrogens with one attached hydrogen (secondary N) is 1. The zero-order valence-electron chi connectivity index (χ0n) is 14.9. The molecule has 1 saturated heterocycles. The fraction of sp³-hybridized carbons (Fsp3) is 0.300. The lowest BCUT2D eigenvalue weighted by Gasteiger charge is -2.37. The third-order valence-corrected chi connectivity index (χ3v) is 4.79. The lowest BCUT2D eigenvalue weighted by molar-refractivity contribution is -0.144. The molecule has 28 heavy (non-hydrogen) atoms. The zero-order valence-corrected chi connectivity index (χ0v) is 14.9. The van der Waals surface area contributed by atoms with E-state index in [9.17, 15) is 18.4 Å². The first-order valence-corrected chi connectivity index (χ1v) is 8.91. The third-order valence-electron chi connectivity index (χ3n) is 4.79. The van der Waals surface area contributed by atoms with Crippen LogP contribution in [0.2, 0.25) is 0 Å². The molecule has 2 atom stereocenters. The quantitative estimate of drug-likeness (QED) is 0.878. The molecule has 1 N–H and O–H groups in total. The number of fused-ring (bicyclic) bond motifs is 1. The summed E-state index contributed by atoms with van der Waals surface area (Å²) in [6.07, 6.45) is -1.16. The second-order valence-corrected chi connectivity index (χ2v) is 6.68. The standard InChI is InChI=1S/C20H18F2N2O4/c21-13-7-12(8-14(22)9-13)16-11-27-6-5-24(16)19(25)10-18-20(26)23-15-3-1-2-4-17(15)28-18/h1-4,7-9,16,18H,5-6,10-11H2,(H,23,26). The number of morpholine rings is 1. The minimum Gasteiger partial charge on any atom is -0.478 e. The molecule has 0 radical (unpaired) electrons. The van der Waals surface area contributed by atoms with Gasteiger partial charge in [-0.1, -0.05) is 12.1 Å². The van der Waals surface area contributed by atoms with Gasteiger partial charge in [0.2, 0.25) is 5.91 Å². The summed E-state index contributed by atoms with van der Waals surface area (Å²) < 4.78 is 38.3. The highest BCUT2D eigenvalue weighted by Gasteiger charge is 2.35. The van der Waals surface area contributed by atoms with Gasteiger partial charge >= 0.3 is 0 Å². The maximum absolute atomic E-state index is 13.6. The molecule has 2 heterocycles. The Labute approximate surface area is 160 Å². The van der Waals surface area contributed by atoms with Gasteiger partial charge in [-0.05, 0) is 29.8 Å². The molecular formula is C20H18F2N2O4. The predicted octanol–water partition coefficient (Wildman–Crippen LogP) is 2.65. The van der Waals surface area contributed by atoms with Crippen LogP contribution in [0, 0.1) is 11.6 Å². The number of carbonyl (C=O) groups is 2. The van der Waals surface area contributed by atoms with Crippen LogP contribution >= 0.6 is 0 Å². The van der Waals surface area contributed by atoms with E-state index in [1.54, 1.807) is 24.3 Å². The normalized spacial score (nSPS) is 21.5. The fourth-order valence-electron chi connectivity index (χ4n) is 3.45. The van der Waals surface area contributed by atoms with Gasteiger partial charge in [0.05, 0.1) is 31.4 Å². The van der Waals surface area contributed by atoms with Crippen LogP contribution in [0.15, 0.2) is 42.5 Å². The minimum absolute atomic E-state index is 0.120. The summed E-state index contributed by atoms with van der Waals surface area (Å²) in [6.45, 7) is 0.683. The number of hydrogen-bond donors (Lipinski definition) is 1. The molecule has 0 saturated carbocycles. The lowest BCUT2D eigenvalue weighted by atomic mass is 10.0. The molecule has 0 aliphatic carbocycles. The molecule has 0 aromatic heterocycles. The Morgan fingerprint density at radius 2 is 1.93 bits per heavy atom. The minimum atomic E-state index is -0.977. The molecule has 0 spiro atoms. The molecule has 2 aromatic carbocycles. The molecule has 6 nitrogen and oxygen atoms in total. The molecule has 1 fully saturated rings. The summed E-state index contributed by atoms with van der Waals surface area (Å²) in [4.78, 5) is 26.7. The van der Waals surface area contributed by atoms with Gasteiger partial charge in [-0.15, -0.1) is 0 Å². The first kappa shape index (κ1) is 18.4. The Bertz CT molecular complexity index is 901. The molecule has 2 aliphatic rings. The van der Waals surface area contributed by atoms with E-state index in [1.807, 2.05) is 0 Å². The summed E-state index contributed by atoms with van der Waals surface area (Å²) >= 11 is 0. The highest BCUT2D eigenvalue weighted by Crippen LogP contribution is 2.31. The van der Waals surface area contributed by atoms with Crippen LogP contribution in [-0.4, -0.2) is 42.6 Å². The number of amides is 2. The van der Waals surface area contributed by atoms with E-state index in [0.717, 1.165) is 6.07 Å². The number of ether oxygens (including phenoxy) is 2. The first-order chi connectivity index (χ1) is 13.5. The third kappa shape index (κ3) is 3.68. The van der Waals surface area contributed by atoms with Gasteiger partial charge in [0, 0.05) is 12.6 Å². The van der Waals surface area contributed by atoms with Crippen molar-refractivity contribution in [3.05, 3.63) is 59.7 Å². The smallest absolute Gasteiger partial charge is 0.266 e. The van der Waals surface area contributed by atoms with E-state index in [2.05, 4.69) is 5.32 Å². The van der Waals surface area contributed by atoms with Crippen molar-refractivity contribution in [2.24, 2.45) is 0 Å². The molecule has 2 aromatic rings. The van der Waals surface area contributed by atoms with E-state index >= 15 is 0 Å². The van der Waals surface area contributed by atoms with Crippen LogP contribution < -0.4 is 10.1 Å². The Kier molecular flexibility index (Phi) is 4.95. The van der Waals surface area contributed by atoms with E-state index in [-0.39, 0.29) is 25.5 Å². The summed E-state index contributed by atoms with van der Waals surface area (Å²) in [5, 5.41) is 2.72. The van der Waals surface area contributed by atoms with Crippen molar-refractivity contribution in [2.75, 3.05) is 25.1 Å². The monoisotopic (exact) mass is 388 g/mol. The summed E-state index contributed by atoms with van der Waals surface area (Å²) in [6, 6.07) is 9.46. The SMILES string of the molecule is O=C1Nc2ccccc2OC1CC(=O)N1CCOCC1c1cc(F)cc(F)c1. The van der Waals surface area contributed by atoms with Crippen LogP contribution in [0.1, 0.15) is 18.0 Å². The van der Waals surface area contributed by atoms with Gasteiger partial charge in [-0.3, -0.25) is 9.59 Å². The van der Waals surface area contributed by atoms with Crippen molar-refractivity contribution in [2.45, 2.75) is 18.6 Å². The van der Waals surface area contributed by atoms with Crippen molar-refractivity contribution in [3.8, 4) is 5.75 Å². The Morgan fingerprint density at radius 3 is 2.71 bits per heavy atom. The summed E-state index contributed by atoms with van der Waals surface area (Å²) in [5.74, 6) is -1.71. The van der Waals surface area contributed by atoms with Crippen LogP contribution in [-0.2, 0) is 14.3 Å². The van der Waals surface area contributed by atoms with Gasteiger partial charge in [-0.25, -0.2) is 8.78 Å². The van der Waals surface area contributed by atoms with Gasteiger partial charge < -0.3 is 19.7 Å². The molecule has 2 unspecified atom stereocenters. The molecule has 4 rings (SSSR count). The average Bonchev–Trinajstić information content (AvgIpc) is 2.68. The van der Waals surface area contributed by atoms with Gasteiger partial charge in [0.25, 0.3) is 5.91 Å². The highest BCUT2D eigenvalue weighted by atomic mass is 19.1. The molecule has 0 bridgehead atoms. The van der Waals surface area contributed by atoms with Gasteiger partial charge in [0.1, 0.15) is 17.4 Å². The zero-order chi connectivity index (χ0) is 19.7. The molecule has 146 valence electrons. The number of hydrogen-bond acceptors (Lipinski definition) is 4. The van der Waals surface area contributed by atoms with Crippen LogP contribution in [0.3, 0.4) is 0 Å². The number of para-hydroxylation sites is 2. The average molecular weight is 388 g/mol. The maximum atomic E-state index is 13.6. The van der Waals surface area contributed by atoms with Crippen molar-refractivity contribution in [1.82, 2.24) is 4.90 Å². The number of anilines is 1. The second kappa shape index (κ2) is 7.55. The molecule has 8 heteroatoms. The van der Waals surface area contributed by atoms with E-state index in [0.29, 0.717) is 23.6 Å². The number of carbonyl (C=O) groups excluding carboxylic acids is 2. The largest absolute Gasteiger partial charge is 0.478 e. The van der Waals surface area contributed by atoms with E-state index in [1.165, 1.54) is 17.0 Å². The van der Waals surface area contributed by atoms with Crippen LogP contribution in [0.4, 0.5) is 14.5 Å². The van der Waals surface area contributed by atoms with Crippen molar-refractivity contribution in [3.63, 3.8) is 0 Å². The lowest BCUT2D eigenvalue weighted by Crippen LogP contribution is -2.47. The number of rotatable bonds is 3. The second-order valence-electron chi connectivity index (χ2n) is 6.68. The fourth-order valence-corrected chi connectivity index (χ4v) is 3.45. The first-order valence-electron chi connectivity index (χ1n) is 8.91. The van der Waals surface area contributed by atoms with Gasteiger partial charge in [0.15, 0.2) is 6.10 Å². The Morgan fingerprint density at radius 1 is 1.18 bits per heavy atom. The molecule has 2 aliphatic heterocycles. The topological polar surface area (TPSA) is 67.9 Å². The summed E-state index contributed by atoms with van der Waals surface area (Å²) in [7, 11) is 0. The number of benzene rings is 2. The van der Waals surface area contributed by atoms with Crippen LogP contribution in [0.25, 0.3) is 0 Å². The Balaban J connectivity index is 1.52. The van der Waals surface area contributed by atoms with Crippen LogP contribution in [0.5, 0.6) is 5.75 Å². The van der Waals surface area contributed by atoms with Crippen molar-refractivity contribution < 1.29 is 27.8 Å². The van der Waals surface area contributed by atoms with E-state index < -0.39 is 29.7 Å². The van der Waals surface area contributed by atoms with E-state index in [4.69, 9.17) is 9.47 Å². The number of nitrogens with zero attached hydrogens (tertiary/aromatic N) is 1. The molecule has 2 amide bonds. The Hall–Kier alpha value is -3.00. The van der Waals surface area contributed by atoms with Crippen molar-refractivity contribution in [1.29, 1.82) is 0 Å². The maximum Gasteiger partial charge on any atom is 0.266 e. The highest BCUT2D eigenvalue weighted by molar-refractivity contribution is 6.00. The van der Waals surface area contributed by atoms with Crippen molar-refractivity contribution >= 4 is 17.5 Å². The summed E-state index contributed by atoms with van der Waals surface area (Å²) in [5.41, 5.74) is 0.862. The molecular weight excluding hydrogens is 370 g/mol. The van der Waals surface area contributed by atoms with Gasteiger partial charge in [-0.2, -0.15) is 0 Å². The predicted molar refractivity (Wildman–Crippen MR) is 95.7 cm³/mol.